The van der Waals surface area contributed by atoms with Crippen LogP contribution in [-0.4, -0.2) is 28.2 Å². The third kappa shape index (κ3) is 3.85. The van der Waals surface area contributed by atoms with Gasteiger partial charge in [0.15, 0.2) is 0 Å². The molecule has 0 aliphatic carbocycles. The van der Waals surface area contributed by atoms with E-state index in [1.807, 2.05) is 25.1 Å². The van der Waals surface area contributed by atoms with Gasteiger partial charge < -0.3 is 16.0 Å². The molecule has 1 aliphatic heterocycles. The Morgan fingerprint density at radius 2 is 2.04 bits per heavy atom. The molecule has 3 rings (SSSR count). The molecule has 6 nitrogen and oxygen atoms in total. The zero-order valence-corrected chi connectivity index (χ0v) is 15.2. The van der Waals surface area contributed by atoms with Gasteiger partial charge in [0.25, 0.3) is 0 Å². The van der Waals surface area contributed by atoms with Gasteiger partial charge in [-0.1, -0.05) is 29.8 Å². The van der Waals surface area contributed by atoms with Crippen molar-refractivity contribution < 1.29 is 9.59 Å². The molecule has 1 fully saturated rings. The summed E-state index contributed by atoms with van der Waals surface area (Å²) in [7, 11) is 0. The number of nitrogens with one attached hydrogen (secondary N) is 1. The van der Waals surface area contributed by atoms with Crippen molar-refractivity contribution in [2.75, 3.05) is 17.6 Å². The van der Waals surface area contributed by atoms with Gasteiger partial charge in [-0.2, -0.15) is 0 Å². The van der Waals surface area contributed by atoms with E-state index in [4.69, 9.17) is 5.73 Å². The lowest BCUT2D eigenvalue weighted by Crippen LogP contribution is -2.44. The first-order valence-electron chi connectivity index (χ1n) is 8.86. The molecule has 2 amide bonds. The third-order valence-electron chi connectivity index (χ3n) is 4.76. The summed E-state index contributed by atoms with van der Waals surface area (Å²) in [6.45, 7) is 4.42. The second-order valence-electron chi connectivity index (χ2n) is 6.80. The maximum atomic E-state index is 12.8. The summed E-state index contributed by atoms with van der Waals surface area (Å²) >= 11 is 0. The number of amides is 2. The van der Waals surface area contributed by atoms with E-state index in [1.54, 1.807) is 17.9 Å². The molecular formula is C20H24N4O2. The molecule has 0 saturated carbocycles. The van der Waals surface area contributed by atoms with Gasteiger partial charge in [-0.05, 0) is 50.3 Å². The summed E-state index contributed by atoms with van der Waals surface area (Å²) in [6, 6.07) is 9.78. The number of benzene rings is 1. The van der Waals surface area contributed by atoms with Crippen LogP contribution in [0.4, 0.5) is 11.5 Å². The van der Waals surface area contributed by atoms with E-state index >= 15 is 0 Å². The van der Waals surface area contributed by atoms with Crippen molar-refractivity contribution in [1.29, 1.82) is 0 Å². The lowest BCUT2D eigenvalue weighted by molar-refractivity contribution is -0.145. The van der Waals surface area contributed by atoms with E-state index in [2.05, 4.69) is 16.4 Å². The van der Waals surface area contributed by atoms with Crippen molar-refractivity contribution in [2.24, 2.45) is 0 Å². The van der Waals surface area contributed by atoms with Gasteiger partial charge >= 0.3 is 11.8 Å². The number of nitrogens with two attached hydrogens (primary N) is 1. The molecule has 3 N–H and O–H groups in total. The fourth-order valence-electron chi connectivity index (χ4n) is 3.37. The molecule has 1 saturated heterocycles. The Bertz CT molecular complexity index is 834. The van der Waals surface area contributed by atoms with E-state index < -0.39 is 11.8 Å². The van der Waals surface area contributed by atoms with Crippen molar-refractivity contribution >= 4 is 23.3 Å². The zero-order valence-electron chi connectivity index (χ0n) is 15.2. The van der Waals surface area contributed by atoms with Gasteiger partial charge in [0.1, 0.15) is 5.82 Å². The van der Waals surface area contributed by atoms with Crippen molar-refractivity contribution in [3.63, 3.8) is 0 Å². The fourth-order valence-corrected chi connectivity index (χ4v) is 3.37. The first kappa shape index (κ1) is 17.9. The molecule has 0 radical (unpaired) electrons. The smallest absolute Gasteiger partial charge is 0.313 e. The Hall–Kier alpha value is -2.89. The average Bonchev–Trinajstić information content (AvgIpc) is 2.64. The lowest BCUT2D eigenvalue weighted by atomic mass is 9.94. The van der Waals surface area contributed by atoms with E-state index in [-0.39, 0.29) is 6.04 Å². The Morgan fingerprint density at radius 3 is 2.77 bits per heavy atom. The highest BCUT2D eigenvalue weighted by atomic mass is 16.2. The first-order chi connectivity index (χ1) is 12.5. The summed E-state index contributed by atoms with van der Waals surface area (Å²) in [4.78, 5) is 31.0. The molecule has 2 aromatic rings. The summed E-state index contributed by atoms with van der Waals surface area (Å²) in [6.07, 6.45) is 4.28. The Morgan fingerprint density at radius 1 is 1.23 bits per heavy atom. The van der Waals surface area contributed by atoms with Crippen molar-refractivity contribution in [2.45, 2.75) is 39.2 Å². The molecule has 1 aliphatic rings. The number of nitrogens with zero attached hydrogens (tertiary/aromatic N) is 2. The number of hydrogen-bond acceptors (Lipinski definition) is 4. The number of carbonyl (C=O) groups excluding carboxylic acids is 2. The number of nitrogen functional groups attached to an aromatic ring is 1. The summed E-state index contributed by atoms with van der Waals surface area (Å²) in [5.74, 6) is -0.744. The van der Waals surface area contributed by atoms with Crippen molar-refractivity contribution in [3.05, 3.63) is 53.2 Å². The Kier molecular flexibility index (Phi) is 5.21. The highest BCUT2D eigenvalue weighted by Crippen LogP contribution is 2.31. The number of pyridine rings is 1. The van der Waals surface area contributed by atoms with Crippen LogP contribution in [0.2, 0.25) is 0 Å². The molecule has 1 aromatic heterocycles. The molecule has 6 heteroatoms. The minimum absolute atomic E-state index is 0.0619. The van der Waals surface area contributed by atoms with Gasteiger partial charge in [-0.15, -0.1) is 0 Å². The predicted molar refractivity (Wildman–Crippen MR) is 102 cm³/mol. The number of rotatable bonds is 2. The van der Waals surface area contributed by atoms with Gasteiger partial charge in [-0.25, -0.2) is 4.98 Å². The standard InChI is InChI=1S/C20H24N4O2/c1-13-6-5-7-15(10-13)17-8-3-4-9-24(17)20(26)19(25)23-16-11-14(2)18(21)22-12-16/h5-7,10-12,17H,3-4,8-9H2,1-2H3,(H2,21,22)(H,23,25)/t17-/m1/s1. The molecule has 1 aromatic carbocycles. The van der Waals surface area contributed by atoms with E-state index in [0.29, 0.717) is 18.1 Å². The van der Waals surface area contributed by atoms with E-state index in [0.717, 1.165) is 36.0 Å². The van der Waals surface area contributed by atoms with E-state index in [9.17, 15) is 9.59 Å². The van der Waals surface area contributed by atoms with Crippen LogP contribution in [0, 0.1) is 13.8 Å². The minimum atomic E-state index is -0.643. The van der Waals surface area contributed by atoms with Crippen LogP contribution >= 0.6 is 0 Å². The van der Waals surface area contributed by atoms with Crippen molar-refractivity contribution in [3.8, 4) is 0 Å². The van der Waals surface area contributed by atoms with Crippen LogP contribution in [0.1, 0.15) is 42.0 Å². The predicted octanol–water partition coefficient (Wildman–Crippen LogP) is 2.97. The van der Waals surface area contributed by atoms with Crippen LogP contribution in [-0.2, 0) is 9.59 Å². The minimum Gasteiger partial charge on any atom is -0.383 e. The van der Waals surface area contributed by atoms with E-state index in [1.165, 1.54) is 6.20 Å². The third-order valence-corrected chi connectivity index (χ3v) is 4.76. The van der Waals surface area contributed by atoms with Gasteiger partial charge in [-0.3, -0.25) is 9.59 Å². The number of anilines is 2. The second-order valence-corrected chi connectivity index (χ2v) is 6.80. The fraction of sp³-hybridized carbons (Fsp3) is 0.350. The van der Waals surface area contributed by atoms with Crippen LogP contribution in [0.3, 0.4) is 0 Å². The van der Waals surface area contributed by atoms with Crippen molar-refractivity contribution in [1.82, 2.24) is 9.88 Å². The monoisotopic (exact) mass is 352 g/mol. The largest absolute Gasteiger partial charge is 0.383 e. The SMILES string of the molecule is Cc1cccc([C@H]2CCCCN2C(=O)C(=O)Nc2cnc(N)c(C)c2)c1. The molecule has 26 heavy (non-hydrogen) atoms. The van der Waals surface area contributed by atoms with Crippen LogP contribution in [0.25, 0.3) is 0 Å². The molecule has 0 spiro atoms. The number of aryl methyl sites for hydroxylation is 2. The number of hydrogen-bond donors (Lipinski definition) is 2. The number of likely N-dealkylation sites (tertiary alicyclic amines) is 1. The molecule has 136 valence electrons. The number of aromatic nitrogens is 1. The summed E-state index contributed by atoms with van der Waals surface area (Å²) in [5.41, 5.74) is 9.15. The van der Waals surface area contributed by atoms with Crippen LogP contribution in [0.15, 0.2) is 36.5 Å². The normalized spacial score (nSPS) is 17.0. The summed E-state index contributed by atoms with van der Waals surface area (Å²) in [5, 5.41) is 2.64. The molecular weight excluding hydrogens is 328 g/mol. The van der Waals surface area contributed by atoms with Crippen LogP contribution < -0.4 is 11.1 Å². The maximum Gasteiger partial charge on any atom is 0.313 e. The second kappa shape index (κ2) is 7.56. The van der Waals surface area contributed by atoms with Gasteiger partial charge in [0.2, 0.25) is 0 Å². The number of piperidine rings is 1. The molecule has 1 atom stereocenters. The average molecular weight is 352 g/mol. The summed E-state index contributed by atoms with van der Waals surface area (Å²) < 4.78 is 0. The molecule has 0 unspecified atom stereocenters. The quantitative estimate of drug-likeness (QED) is 0.813. The van der Waals surface area contributed by atoms with Gasteiger partial charge in [0.05, 0.1) is 17.9 Å². The Labute approximate surface area is 153 Å². The highest BCUT2D eigenvalue weighted by Gasteiger charge is 2.31. The first-order valence-corrected chi connectivity index (χ1v) is 8.86. The maximum absolute atomic E-state index is 12.8. The molecule has 2 heterocycles. The Balaban J connectivity index is 1.77. The lowest BCUT2D eigenvalue weighted by Gasteiger charge is -2.35. The zero-order chi connectivity index (χ0) is 18.7. The topological polar surface area (TPSA) is 88.3 Å². The highest BCUT2D eigenvalue weighted by molar-refractivity contribution is 6.39. The number of carbonyl (C=O) groups is 2. The van der Waals surface area contributed by atoms with Gasteiger partial charge in [0, 0.05) is 6.54 Å². The molecule has 0 bridgehead atoms. The van der Waals surface area contributed by atoms with Crippen LogP contribution in [0.5, 0.6) is 0 Å².